The van der Waals surface area contributed by atoms with Gasteiger partial charge in [0, 0.05) is 49.0 Å². The highest BCUT2D eigenvalue weighted by Gasteiger charge is 2.17. The number of aromatic nitrogens is 7. The molecule has 1 aliphatic heterocycles. The van der Waals surface area contributed by atoms with Gasteiger partial charge in [0.25, 0.3) is 5.78 Å². The summed E-state index contributed by atoms with van der Waals surface area (Å²) in [6, 6.07) is 5.69. The molecule has 0 unspecified atom stereocenters. The zero-order valence-corrected chi connectivity index (χ0v) is 14.9. The maximum absolute atomic E-state index is 4.76. The van der Waals surface area contributed by atoms with Gasteiger partial charge in [0.15, 0.2) is 5.82 Å². The maximum atomic E-state index is 4.76. The summed E-state index contributed by atoms with van der Waals surface area (Å²) in [5, 5.41) is 4.63. The summed E-state index contributed by atoms with van der Waals surface area (Å²) < 4.78 is 1.77. The number of hydrogen-bond acceptors (Lipinski definition) is 7. The van der Waals surface area contributed by atoms with Crippen LogP contribution in [0.5, 0.6) is 0 Å². The average molecular weight is 358 g/mol. The second kappa shape index (κ2) is 6.39. The number of aryl methyl sites for hydroxylation is 1. The molecule has 0 saturated carbocycles. The van der Waals surface area contributed by atoms with Crippen LogP contribution in [0.15, 0.2) is 43.0 Å². The van der Waals surface area contributed by atoms with Gasteiger partial charge in [-0.25, -0.2) is 19.5 Å². The summed E-state index contributed by atoms with van der Waals surface area (Å²) in [4.78, 5) is 24.5. The minimum Gasteiger partial charge on any atom is -0.341 e. The normalized spacial score (nSPS) is 14.2. The Bertz CT molecular complexity index is 1100. The van der Waals surface area contributed by atoms with E-state index in [1.165, 1.54) is 12.8 Å². The van der Waals surface area contributed by atoms with Gasteiger partial charge in [0.2, 0.25) is 5.95 Å². The van der Waals surface area contributed by atoms with Crippen LogP contribution in [0.4, 0.5) is 5.95 Å². The fourth-order valence-electron chi connectivity index (χ4n) is 3.38. The molecule has 5 rings (SSSR count). The van der Waals surface area contributed by atoms with Gasteiger partial charge in [0.1, 0.15) is 0 Å². The summed E-state index contributed by atoms with van der Waals surface area (Å²) in [6.07, 6.45) is 9.46. The number of rotatable bonds is 3. The Hall–Kier alpha value is -3.42. The van der Waals surface area contributed by atoms with Crippen molar-refractivity contribution >= 4 is 11.7 Å². The van der Waals surface area contributed by atoms with E-state index in [-0.39, 0.29) is 0 Å². The van der Waals surface area contributed by atoms with Crippen LogP contribution >= 0.6 is 0 Å². The molecule has 5 heterocycles. The van der Waals surface area contributed by atoms with Crippen molar-refractivity contribution in [1.29, 1.82) is 0 Å². The molecule has 134 valence electrons. The lowest BCUT2D eigenvalue weighted by Crippen LogP contribution is -2.20. The van der Waals surface area contributed by atoms with Crippen LogP contribution in [-0.4, -0.2) is 47.6 Å². The molecule has 0 spiro atoms. The lowest BCUT2D eigenvalue weighted by molar-refractivity contribution is 0.887. The van der Waals surface area contributed by atoms with Crippen molar-refractivity contribution in [2.75, 3.05) is 18.0 Å². The summed E-state index contributed by atoms with van der Waals surface area (Å²) in [7, 11) is 0. The predicted molar refractivity (Wildman–Crippen MR) is 101 cm³/mol. The highest BCUT2D eigenvalue weighted by Crippen LogP contribution is 2.24. The monoisotopic (exact) mass is 358 g/mol. The van der Waals surface area contributed by atoms with E-state index in [2.05, 4.69) is 29.9 Å². The lowest BCUT2D eigenvalue weighted by atomic mass is 10.2. The van der Waals surface area contributed by atoms with Crippen LogP contribution < -0.4 is 4.90 Å². The van der Waals surface area contributed by atoms with Crippen molar-refractivity contribution in [2.24, 2.45) is 0 Å². The summed E-state index contributed by atoms with van der Waals surface area (Å²) in [6.45, 7) is 4.03. The molecular formula is C19H18N8. The van der Waals surface area contributed by atoms with E-state index in [9.17, 15) is 0 Å². The van der Waals surface area contributed by atoms with Gasteiger partial charge in [0.05, 0.1) is 11.4 Å². The molecule has 1 saturated heterocycles. The fourth-order valence-corrected chi connectivity index (χ4v) is 3.38. The predicted octanol–water partition coefficient (Wildman–Crippen LogP) is 2.55. The third-order valence-electron chi connectivity index (χ3n) is 4.85. The highest BCUT2D eigenvalue weighted by atomic mass is 15.3. The van der Waals surface area contributed by atoms with E-state index in [1.54, 1.807) is 16.9 Å². The van der Waals surface area contributed by atoms with Crippen LogP contribution in [0.3, 0.4) is 0 Å². The van der Waals surface area contributed by atoms with Crippen LogP contribution in [0.25, 0.3) is 28.4 Å². The average Bonchev–Trinajstić information content (AvgIpc) is 3.40. The Labute approximate surface area is 156 Å². The Morgan fingerprint density at radius 1 is 0.926 bits per heavy atom. The van der Waals surface area contributed by atoms with Gasteiger partial charge < -0.3 is 4.90 Å². The van der Waals surface area contributed by atoms with Crippen molar-refractivity contribution in [3.8, 4) is 22.6 Å². The van der Waals surface area contributed by atoms with Crippen LogP contribution in [0.2, 0.25) is 0 Å². The van der Waals surface area contributed by atoms with Crippen molar-refractivity contribution < 1.29 is 0 Å². The van der Waals surface area contributed by atoms with E-state index in [4.69, 9.17) is 4.98 Å². The molecule has 8 nitrogen and oxygen atoms in total. The minimum atomic E-state index is 0.567. The SMILES string of the molecule is Cc1c(-c2ccnc(N3CCCC3)n2)cnc2nc(-c3ccncc3)nn12. The van der Waals surface area contributed by atoms with Gasteiger partial charge in [-0.15, -0.1) is 5.10 Å². The largest absolute Gasteiger partial charge is 0.341 e. The van der Waals surface area contributed by atoms with Gasteiger partial charge in [-0.3, -0.25) is 4.98 Å². The molecule has 0 amide bonds. The molecule has 0 N–H and O–H groups in total. The third kappa shape index (κ3) is 2.79. The molecule has 8 heteroatoms. The summed E-state index contributed by atoms with van der Waals surface area (Å²) >= 11 is 0. The third-order valence-corrected chi connectivity index (χ3v) is 4.85. The topological polar surface area (TPSA) is 85.0 Å². The van der Waals surface area contributed by atoms with E-state index >= 15 is 0 Å². The highest BCUT2D eigenvalue weighted by molar-refractivity contribution is 5.64. The Morgan fingerprint density at radius 3 is 2.56 bits per heavy atom. The lowest BCUT2D eigenvalue weighted by Gasteiger charge is -2.15. The molecule has 0 aliphatic carbocycles. The van der Waals surface area contributed by atoms with Crippen molar-refractivity contribution in [2.45, 2.75) is 19.8 Å². The Kier molecular flexibility index (Phi) is 3.74. The fraction of sp³-hybridized carbons (Fsp3) is 0.263. The van der Waals surface area contributed by atoms with Crippen molar-refractivity contribution in [3.05, 3.63) is 48.7 Å². The zero-order valence-electron chi connectivity index (χ0n) is 14.9. The zero-order chi connectivity index (χ0) is 18.2. The second-order valence-electron chi connectivity index (χ2n) is 6.58. The molecule has 4 aromatic heterocycles. The molecule has 4 aromatic rings. The molecule has 1 fully saturated rings. The standard InChI is InChI=1S/C19H18N8/c1-13-15(16-6-9-21-18(23-16)26-10-2-3-11-26)12-22-19-24-17(25-27(13)19)14-4-7-20-8-5-14/h4-9,12H,2-3,10-11H2,1H3. The first kappa shape index (κ1) is 15.8. The number of fused-ring (bicyclic) bond motifs is 1. The van der Waals surface area contributed by atoms with Gasteiger partial charge >= 0.3 is 0 Å². The van der Waals surface area contributed by atoms with Crippen LogP contribution in [0.1, 0.15) is 18.5 Å². The molecule has 0 radical (unpaired) electrons. The Balaban J connectivity index is 1.58. The first-order chi connectivity index (χ1) is 13.3. The molecule has 0 atom stereocenters. The van der Waals surface area contributed by atoms with E-state index < -0.39 is 0 Å². The summed E-state index contributed by atoms with van der Waals surface area (Å²) in [5.74, 6) is 1.98. The Morgan fingerprint density at radius 2 is 1.74 bits per heavy atom. The first-order valence-corrected chi connectivity index (χ1v) is 9.01. The first-order valence-electron chi connectivity index (χ1n) is 9.01. The molecule has 0 aromatic carbocycles. The van der Waals surface area contributed by atoms with Gasteiger partial charge in [-0.05, 0) is 38.0 Å². The number of hydrogen-bond donors (Lipinski definition) is 0. The number of nitrogens with zero attached hydrogens (tertiary/aromatic N) is 8. The van der Waals surface area contributed by atoms with Gasteiger partial charge in [-0.1, -0.05) is 0 Å². The van der Waals surface area contributed by atoms with Crippen LogP contribution in [-0.2, 0) is 0 Å². The van der Waals surface area contributed by atoms with E-state index in [1.807, 2.05) is 37.5 Å². The quantitative estimate of drug-likeness (QED) is 0.556. The molecule has 1 aliphatic rings. The van der Waals surface area contributed by atoms with Gasteiger partial charge in [-0.2, -0.15) is 4.98 Å². The number of anilines is 1. The molecule has 0 bridgehead atoms. The maximum Gasteiger partial charge on any atom is 0.252 e. The van der Waals surface area contributed by atoms with Crippen molar-refractivity contribution in [1.82, 2.24) is 34.5 Å². The molecule has 27 heavy (non-hydrogen) atoms. The summed E-state index contributed by atoms with van der Waals surface area (Å²) in [5.41, 5.74) is 3.63. The van der Waals surface area contributed by atoms with Crippen molar-refractivity contribution in [3.63, 3.8) is 0 Å². The minimum absolute atomic E-state index is 0.567. The number of pyridine rings is 1. The van der Waals surface area contributed by atoms with Crippen LogP contribution in [0, 0.1) is 6.92 Å². The molecular weight excluding hydrogens is 340 g/mol. The smallest absolute Gasteiger partial charge is 0.252 e. The second-order valence-corrected chi connectivity index (χ2v) is 6.58. The van der Waals surface area contributed by atoms with E-state index in [0.29, 0.717) is 11.6 Å². The van der Waals surface area contributed by atoms with E-state index in [0.717, 1.165) is 41.6 Å².